The lowest BCUT2D eigenvalue weighted by molar-refractivity contribution is 0.601. The number of nitrogens with two attached hydrogens (primary N) is 1. The molecule has 0 aromatic heterocycles. The van der Waals surface area contributed by atoms with Crippen LogP contribution in [0.1, 0.15) is 5.56 Å². The van der Waals surface area contributed by atoms with Crippen LogP contribution < -0.4 is 10.5 Å². The monoisotopic (exact) mass is 385 g/mol. The molecule has 0 fully saturated rings. The number of nitrogens with zero attached hydrogens (tertiary/aromatic N) is 1. The number of nitrogens with one attached hydrogen (secondary N) is 1. The minimum atomic E-state index is -3.82. The van der Waals surface area contributed by atoms with E-state index in [0.29, 0.717) is 10.2 Å². The van der Waals surface area contributed by atoms with Crippen molar-refractivity contribution in [2.75, 3.05) is 10.5 Å². The first-order valence-corrected chi connectivity index (χ1v) is 8.26. The van der Waals surface area contributed by atoms with Crippen LogP contribution in [0.25, 0.3) is 0 Å². The van der Waals surface area contributed by atoms with E-state index in [4.69, 9.17) is 22.6 Å². The number of benzene rings is 2. The molecule has 0 radical (unpaired) electrons. The molecule has 0 atom stereocenters. The molecule has 8 heteroatoms. The molecule has 3 N–H and O–H groups in total. The van der Waals surface area contributed by atoms with Crippen molar-refractivity contribution in [2.24, 2.45) is 0 Å². The fourth-order valence-corrected chi connectivity index (χ4v) is 3.88. The van der Waals surface area contributed by atoms with E-state index in [2.05, 4.69) is 20.7 Å². The minimum absolute atomic E-state index is 0.0167. The van der Waals surface area contributed by atoms with Gasteiger partial charge in [-0.3, -0.25) is 4.72 Å². The molecule has 0 unspecified atom stereocenters. The van der Waals surface area contributed by atoms with Crippen molar-refractivity contribution in [1.82, 2.24) is 0 Å². The number of nitriles is 1. The van der Waals surface area contributed by atoms with Crippen LogP contribution in [0, 0.1) is 11.3 Å². The molecule has 5 nitrogen and oxygen atoms in total. The molecule has 0 heterocycles. The molecule has 0 aliphatic heterocycles. The first-order chi connectivity index (χ1) is 9.83. The van der Waals surface area contributed by atoms with Gasteiger partial charge in [-0.1, -0.05) is 11.6 Å². The highest BCUT2D eigenvalue weighted by molar-refractivity contribution is 9.10. The zero-order valence-electron chi connectivity index (χ0n) is 10.5. The first-order valence-electron chi connectivity index (χ1n) is 5.61. The molecule has 0 bridgehead atoms. The SMILES string of the molecule is N#Cc1ccc(NS(=O)(=O)c2cc(N)ccc2Br)cc1Cl. The summed E-state index contributed by atoms with van der Waals surface area (Å²) < 4.78 is 27.5. The van der Waals surface area contributed by atoms with Crippen molar-refractivity contribution in [2.45, 2.75) is 4.90 Å². The maximum Gasteiger partial charge on any atom is 0.263 e. The van der Waals surface area contributed by atoms with E-state index < -0.39 is 10.0 Å². The maximum absolute atomic E-state index is 12.3. The Bertz CT molecular complexity index is 847. The Labute approximate surface area is 135 Å². The number of hydrogen-bond donors (Lipinski definition) is 2. The Hall–Kier alpha value is -1.75. The number of anilines is 2. The topological polar surface area (TPSA) is 96.0 Å². The molecule has 0 aliphatic rings. The molecule has 21 heavy (non-hydrogen) atoms. The summed E-state index contributed by atoms with van der Waals surface area (Å²) in [4.78, 5) is 0.0167. The van der Waals surface area contributed by atoms with Crippen LogP contribution in [-0.4, -0.2) is 8.42 Å². The zero-order valence-corrected chi connectivity index (χ0v) is 13.6. The van der Waals surface area contributed by atoms with Crippen molar-refractivity contribution in [1.29, 1.82) is 5.26 Å². The molecule has 2 aromatic rings. The highest BCUT2D eigenvalue weighted by Crippen LogP contribution is 2.27. The molecule has 0 aliphatic carbocycles. The average molecular weight is 387 g/mol. The van der Waals surface area contributed by atoms with Crippen LogP contribution in [-0.2, 0) is 10.0 Å². The van der Waals surface area contributed by atoms with Gasteiger partial charge in [-0.15, -0.1) is 0 Å². The van der Waals surface area contributed by atoms with Crippen LogP contribution in [0.5, 0.6) is 0 Å². The predicted molar refractivity (Wildman–Crippen MR) is 85.5 cm³/mol. The van der Waals surface area contributed by atoms with E-state index in [-0.39, 0.29) is 21.2 Å². The van der Waals surface area contributed by atoms with E-state index >= 15 is 0 Å². The van der Waals surface area contributed by atoms with Gasteiger partial charge in [0.05, 0.1) is 16.3 Å². The minimum Gasteiger partial charge on any atom is -0.399 e. The summed E-state index contributed by atoms with van der Waals surface area (Å²) in [7, 11) is -3.82. The van der Waals surface area contributed by atoms with Gasteiger partial charge in [-0.25, -0.2) is 8.42 Å². The molecule has 2 rings (SSSR count). The van der Waals surface area contributed by atoms with E-state index in [9.17, 15) is 8.42 Å². The molecule has 0 spiro atoms. The largest absolute Gasteiger partial charge is 0.399 e. The Balaban J connectivity index is 2.40. The van der Waals surface area contributed by atoms with Gasteiger partial charge in [-0.05, 0) is 52.3 Å². The number of hydrogen-bond acceptors (Lipinski definition) is 4. The summed E-state index contributed by atoms with van der Waals surface area (Å²) >= 11 is 9.05. The molecular weight excluding hydrogens is 378 g/mol. The predicted octanol–water partition coefficient (Wildman–Crippen LogP) is 3.36. The van der Waals surface area contributed by atoms with Crippen molar-refractivity contribution in [3.63, 3.8) is 0 Å². The molecule has 0 amide bonds. The van der Waals surface area contributed by atoms with Crippen LogP contribution in [0.15, 0.2) is 45.8 Å². The van der Waals surface area contributed by atoms with Crippen molar-refractivity contribution in [3.05, 3.63) is 51.5 Å². The van der Waals surface area contributed by atoms with Gasteiger partial charge in [0, 0.05) is 10.2 Å². The summed E-state index contributed by atoms with van der Waals surface area (Å²) in [6.07, 6.45) is 0. The second kappa shape index (κ2) is 5.93. The van der Waals surface area contributed by atoms with Crippen molar-refractivity contribution < 1.29 is 8.42 Å². The quantitative estimate of drug-likeness (QED) is 0.791. The molecule has 0 saturated carbocycles. The normalized spacial score (nSPS) is 10.9. The third-order valence-corrected chi connectivity index (χ3v) is 5.27. The molecule has 108 valence electrons. The number of sulfonamides is 1. The van der Waals surface area contributed by atoms with E-state index in [1.807, 2.05) is 6.07 Å². The maximum atomic E-state index is 12.3. The zero-order chi connectivity index (χ0) is 15.6. The summed E-state index contributed by atoms with van der Waals surface area (Å²) in [5.41, 5.74) is 6.47. The lowest BCUT2D eigenvalue weighted by Crippen LogP contribution is -2.14. The van der Waals surface area contributed by atoms with Gasteiger partial charge in [-0.2, -0.15) is 5.26 Å². The van der Waals surface area contributed by atoms with Gasteiger partial charge in [0.1, 0.15) is 11.0 Å². The highest BCUT2D eigenvalue weighted by Gasteiger charge is 2.18. The summed E-state index contributed by atoms with van der Waals surface area (Å²) in [5, 5.41) is 8.96. The third kappa shape index (κ3) is 3.47. The van der Waals surface area contributed by atoms with Gasteiger partial charge in [0.25, 0.3) is 10.0 Å². The molecular formula is C13H9BrClN3O2S. The summed E-state index contributed by atoms with van der Waals surface area (Å²) in [6, 6.07) is 10.7. The van der Waals surface area contributed by atoms with Crippen LogP contribution >= 0.6 is 27.5 Å². The van der Waals surface area contributed by atoms with E-state index in [0.717, 1.165) is 0 Å². The number of halogens is 2. The number of rotatable bonds is 3. The second-order valence-corrected chi connectivity index (χ2v) is 7.01. The lowest BCUT2D eigenvalue weighted by Gasteiger charge is -2.10. The van der Waals surface area contributed by atoms with Gasteiger partial charge in [0.15, 0.2) is 0 Å². The first kappa shape index (κ1) is 15.6. The van der Waals surface area contributed by atoms with Gasteiger partial charge in [0.2, 0.25) is 0 Å². The van der Waals surface area contributed by atoms with Crippen molar-refractivity contribution in [3.8, 4) is 6.07 Å². The summed E-state index contributed by atoms with van der Waals surface area (Å²) in [5.74, 6) is 0. The fourth-order valence-electron chi connectivity index (χ4n) is 1.61. The van der Waals surface area contributed by atoms with Gasteiger partial charge < -0.3 is 5.73 Å². The van der Waals surface area contributed by atoms with Crippen molar-refractivity contribution >= 4 is 48.9 Å². The molecule has 0 saturated heterocycles. The number of nitrogen functional groups attached to an aromatic ring is 1. The Morgan fingerprint density at radius 1 is 1.24 bits per heavy atom. The van der Waals surface area contributed by atoms with Crippen LogP contribution in [0.4, 0.5) is 11.4 Å². The third-order valence-electron chi connectivity index (χ3n) is 2.59. The standard InChI is InChI=1S/C13H9BrClN3O2S/c14-11-4-2-9(17)5-13(11)21(19,20)18-10-3-1-8(7-16)12(15)6-10/h1-6,18H,17H2. The summed E-state index contributed by atoms with van der Waals surface area (Å²) in [6.45, 7) is 0. The second-order valence-electron chi connectivity index (χ2n) is 4.10. The van der Waals surface area contributed by atoms with Crippen LogP contribution in [0.3, 0.4) is 0 Å². The highest BCUT2D eigenvalue weighted by atomic mass is 79.9. The smallest absolute Gasteiger partial charge is 0.263 e. The van der Waals surface area contributed by atoms with Crippen LogP contribution in [0.2, 0.25) is 5.02 Å². The Kier molecular flexibility index (Phi) is 4.42. The van der Waals surface area contributed by atoms with E-state index in [1.165, 1.54) is 24.3 Å². The Morgan fingerprint density at radius 2 is 1.95 bits per heavy atom. The van der Waals surface area contributed by atoms with E-state index in [1.54, 1.807) is 12.1 Å². The molecule has 2 aromatic carbocycles. The lowest BCUT2D eigenvalue weighted by atomic mass is 10.2. The van der Waals surface area contributed by atoms with Gasteiger partial charge >= 0.3 is 0 Å². The average Bonchev–Trinajstić information content (AvgIpc) is 2.41. The Morgan fingerprint density at radius 3 is 2.57 bits per heavy atom. The fraction of sp³-hybridized carbons (Fsp3) is 0.